The van der Waals surface area contributed by atoms with Gasteiger partial charge in [0.1, 0.15) is 5.38 Å². The zero-order valence-electron chi connectivity index (χ0n) is 7.24. The second-order valence-electron chi connectivity index (χ2n) is 1.29. The Morgan fingerprint density at radius 2 is 1.85 bits per heavy atom. The smallest absolute Gasteiger partial charge is 0.133 e. The van der Waals surface area contributed by atoms with Gasteiger partial charge in [-0.15, -0.1) is 11.6 Å². The van der Waals surface area contributed by atoms with E-state index in [9.17, 15) is 0 Å². The zero-order valence-corrected chi connectivity index (χ0v) is 7.99. The monoisotopic (exact) mass is 199 g/mol. The van der Waals surface area contributed by atoms with Crippen LogP contribution in [-0.4, -0.2) is 17.6 Å². The zero-order chi connectivity index (χ0) is 11.1. The molecule has 0 aliphatic rings. The van der Waals surface area contributed by atoms with Crippen LogP contribution in [0.25, 0.3) is 0 Å². The fraction of sp³-hybridized carbons (Fsp3) is 0.375. The molecule has 1 atom stereocenters. The molecule has 0 saturated carbocycles. The lowest BCUT2D eigenvalue weighted by atomic mass is 10.4. The fourth-order valence-corrected chi connectivity index (χ4v) is 0.195. The van der Waals surface area contributed by atoms with Crippen LogP contribution >= 0.6 is 11.6 Å². The van der Waals surface area contributed by atoms with Crippen molar-refractivity contribution >= 4 is 11.6 Å². The van der Waals surface area contributed by atoms with Crippen molar-refractivity contribution in [2.24, 2.45) is 0 Å². The molecule has 0 heterocycles. The van der Waals surface area contributed by atoms with Gasteiger partial charge in [0.05, 0.1) is 24.6 Å². The van der Waals surface area contributed by atoms with Gasteiger partial charge in [-0.1, -0.05) is 6.58 Å². The minimum Gasteiger partial charge on any atom is -0.400 e. The van der Waals surface area contributed by atoms with Crippen LogP contribution in [0.2, 0.25) is 0 Å². The summed E-state index contributed by atoms with van der Waals surface area (Å²) in [6.45, 7) is 3.12. The standard InChI is InChI=1S/C4H3ClN2.C3H3N.CH4O/c5-4(3-7)1-2-6;1-2-3-4;1-2/h4H,1H2;2H,1H2;2H,1H3. The molecule has 0 spiro atoms. The van der Waals surface area contributed by atoms with Crippen molar-refractivity contribution in [3.8, 4) is 18.2 Å². The Morgan fingerprint density at radius 1 is 1.46 bits per heavy atom. The van der Waals surface area contributed by atoms with E-state index in [0.29, 0.717) is 0 Å². The van der Waals surface area contributed by atoms with Crippen molar-refractivity contribution in [2.75, 3.05) is 7.11 Å². The number of nitrogens with zero attached hydrogens (tertiary/aromatic N) is 3. The first kappa shape index (κ1) is 17.5. The Kier molecular flexibility index (Phi) is 30.2. The normalized spacial score (nSPS) is 7.69. The summed E-state index contributed by atoms with van der Waals surface area (Å²) in [7, 11) is 1.00. The Balaban J connectivity index is -0.000000142. The van der Waals surface area contributed by atoms with E-state index in [4.69, 9.17) is 32.5 Å². The van der Waals surface area contributed by atoms with Crippen molar-refractivity contribution in [1.29, 1.82) is 15.8 Å². The van der Waals surface area contributed by atoms with Crippen LogP contribution in [0, 0.1) is 34.0 Å². The highest BCUT2D eigenvalue weighted by Gasteiger charge is 1.96. The van der Waals surface area contributed by atoms with E-state index >= 15 is 0 Å². The minimum absolute atomic E-state index is 0.109. The second kappa shape index (κ2) is 22.4. The predicted octanol–water partition coefficient (Wildman–Crippen LogP) is 1.34. The van der Waals surface area contributed by atoms with Gasteiger partial charge < -0.3 is 5.11 Å². The first-order chi connectivity index (χ1) is 6.22. The Bertz CT molecular complexity index is 221. The minimum atomic E-state index is -0.634. The third kappa shape index (κ3) is 37.6. The van der Waals surface area contributed by atoms with Crippen LogP contribution in [0.1, 0.15) is 6.42 Å². The van der Waals surface area contributed by atoms with E-state index in [-0.39, 0.29) is 6.42 Å². The van der Waals surface area contributed by atoms with E-state index in [1.165, 1.54) is 6.08 Å². The quantitative estimate of drug-likeness (QED) is 0.510. The fourth-order valence-electron chi connectivity index (χ4n) is 0.126. The number of aliphatic hydroxyl groups is 1. The molecule has 0 aromatic rings. The molecule has 0 rings (SSSR count). The number of alkyl halides is 1. The predicted molar refractivity (Wildman–Crippen MR) is 49.4 cm³/mol. The summed E-state index contributed by atoms with van der Waals surface area (Å²) >= 11 is 5.18. The maximum atomic E-state index is 7.93. The average molecular weight is 200 g/mol. The molecule has 70 valence electrons. The van der Waals surface area contributed by atoms with Crippen LogP contribution in [-0.2, 0) is 0 Å². The molecule has 0 fully saturated rings. The van der Waals surface area contributed by atoms with Crippen LogP contribution in [0.4, 0.5) is 0 Å². The van der Waals surface area contributed by atoms with E-state index in [0.717, 1.165) is 7.11 Å². The Hall–Kier alpha value is -1.54. The van der Waals surface area contributed by atoms with Gasteiger partial charge >= 0.3 is 0 Å². The summed E-state index contributed by atoms with van der Waals surface area (Å²) in [5, 5.41) is 29.7. The van der Waals surface area contributed by atoms with Crippen molar-refractivity contribution in [3.05, 3.63) is 12.7 Å². The molecular formula is C8H10ClN3O. The first-order valence-corrected chi connectivity index (χ1v) is 3.52. The molecule has 0 aliphatic carbocycles. The molecule has 0 aromatic carbocycles. The lowest BCUT2D eigenvalue weighted by Crippen LogP contribution is -1.88. The molecule has 0 bridgehead atoms. The number of nitriles is 3. The topological polar surface area (TPSA) is 91.6 Å². The Labute approximate surface area is 82.9 Å². The van der Waals surface area contributed by atoms with Crippen molar-refractivity contribution in [1.82, 2.24) is 0 Å². The number of halogens is 1. The lowest BCUT2D eigenvalue weighted by molar-refractivity contribution is 0.399. The van der Waals surface area contributed by atoms with Gasteiger partial charge in [0.25, 0.3) is 0 Å². The molecular weight excluding hydrogens is 190 g/mol. The Morgan fingerprint density at radius 3 is 1.92 bits per heavy atom. The summed E-state index contributed by atoms with van der Waals surface area (Å²) < 4.78 is 0. The third-order valence-corrected chi connectivity index (χ3v) is 0.754. The van der Waals surface area contributed by atoms with Crippen molar-refractivity contribution < 1.29 is 5.11 Å². The number of hydrogen-bond donors (Lipinski definition) is 1. The van der Waals surface area contributed by atoms with Gasteiger partial charge in [-0.05, 0) is 0 Å². The van der Waals surface area contributed by atoms with E-state index < -0.39 is 5.38 Å². The van der Waals surface area contributed by atoms with Gasteiger partial charge in [-0.3, -0.25) is 0 Å². The van der Waals surface area contributed by atoms with Gasteiger partial charge in [-0.2, -0.15) is 15.8 Å². The summed E-state index contributed by atoms with van der Waals surface area (Å²) in [4.78, 5) is 0. The van der Waals surface area contributed by atoms with Crippen LogP contribution in [0.3, 0.4) is 0 Å². The number of hydrogen-bond acceptors (Lipinski definition) is 4. The summed E-state index contributed by atoms with van der Waals surface area (Å²) in [6, 6.07) is 5.17. The highest BCUT2D eigenvalue weighted by Crippen LogP contribution is 1.95. The molecule has 13 heavy (non-hydrogen) atoms. The number of allylic oxidation sites excluding steroid dienone is 1. The number of rotatable bonds is 1. The molecule has 0 radical (unpaired) electrons. The molecule has 0 amide bonds. The summed E-state index contributed by atoms with van der Waals surface area (Å²) in [5.74, 6) is 0. The highest BCUT2D eigenvalue weighted by molar-refractivity contribution is 6.22. The molecule has 1 N–H and O–H groups in total. The molecule has 0 saturated heterocycles. The maximum Gasteiger partial charge on any atom is 0.133 e. The molecule has 1 unspecified atom stereocenters. The molecule has 5 heteroatoms. The van der Waals surface area contributed by atoms with E-state index in [1.807, 2.05) is 0 Å². The summed E-state index contributed by atoms with van der Waals surface area (Å²) in [5.41, 5.74) is 0. The third-order valence-electron chi connectivity index (χ3n) is 0.502. The molecule has 0 aromatic heterocycles. The van der Waals surface area contributed by atoms with Crippen molar-refractivity contribution in [2.45, 2.75) is 11.8 Å². The van der Waals surface area contributed by atoms with Gasteiger partial charge in [0, 0.05) is 13.2 Å². The summed E-state index contributed by atoms with van der Waals surface area (Å²) in [6.07, 6.45) is 1.29. The molecule has 0 aliphatic heterocycles. The largest absolute Gasteiger partial charge is 0.400 e. The highest BCUT2D eigenvalue weighted by atomic mass is 35.5. The van der Waals surface area contributed by atoms with E-state index in [1.54, 1.807) is 18.2 Å². The van der Waals surface area contributed by atoms with E-state index in [2.05, 4.69) is 6.58 Å². The molecule has 4 nitrogen and oxygen atoms in total. The average Bonchev–Trinajstić information content (AvgIpc) is 2.21. The number of aliphatic hydroxyl groups excluding tert-OH is 1. The first-order valence-electron chi connectivity index (χ1n) is 3.08. The van der Waals surface area contributed by atoms with Crippen LogP contribution in [0.5, 0.6) is 0 Å². The maximum absolute atomic E-state index is 7.93. The lowest BCUT2D eigenvalue weighted by Gasteiger charge is -1.82. The van der Waals surface area contributed by atoms with Gasteiger partial charge in [0.2, 0.25) is 0 Å². The SMILES string of the molecule is C=CC#N.CO.N#CCC(Cl)C#N. The van der Waals surface area contributed by atoms with Crippen LogP contribution in [0.15, 0.2) is 12.7 Å². The van der Waals surface area contributed by atoms with Gasteiger partial charge in [0.15, 0.2) is 0 Å². The second-order valence-corrected chi connectivity index (χ2v) is 1.82. The van der Waals surface area contributed by atoms with Crippen molar-refractivity contribution in [3.63, 3.8) is 0 Å². The van der Waals surface area contributed by atoms with Crippen LogP contribution < -0.4 is 0 Å². The van der Waals surface area contributed by atoms with Gasteiger partial charge in [-0.25, -0.2) is 0 Å².